The molecule has 1 aliphatic heterocycles. The Morgan fingerprint density at radius 1 is 1.32 bits per heavy atom. The van der Waals surface area contributed by atoms with E-state index in [1.165, 1.54) is 6.26 Å². The van der Waals surface area contributed by atoms with Crippen molar-refractivity contribution in [3.63, 3.8) is 0 Å². The number of nitrogens with zero attached hydrogens (tertiary/aromatic N) is 1. The zero-order chi connectivity index (χ0) is 15.5. The summed E-state index contributed by atoms with van der Waals surface area (Å²) in [5, 5.41) is 2.81. The molecule has 2 heterocycles. The minimum atomic E-state index is -0.306. The van der Waals surface area contributed by atoms with Crippen LogP contribution in [0.5, 0.6) is 5.75 Å². The van der Waals surface area contributed by atoms with Crippen molar-refractivity contribution in [3.8, 4) is 5.75 Å². The summed E-state index contributed by atoms with van der Waals surface area (Å²) < 4.78 is 10.1. The number of rotatable bonds is 4. The maximum atomic E-state index is 12.1. The maximum absolute atomic E-state index is 12.1. The molecule has 0 saturated carbocycles. The molecule has 0 aliphatic carbocycles. The first-order valence-corrected chi connectivity index (χ1v) is 6.96. The predicted octanol–water partition coefficient (Wildman–Crippen LogP) is 1.82. The van der Waals surface area contributed by atoms with Gasteiger partial charge in [0, 0.05) is 18.7 Å². The Morgan fingerprint density at radius 2 is 2.09 bits per heavy atom. The molecular weight excluding hydrogens is 284 g/mol. The number of benzene rings is 1. The predicted molar refractivity (Wildman–Crippen MR) is 79.9 cm³/mol. The lowest BCUT2D eigenvalue weighted by molar-refractivity contribution is -0.117. The third kappa shape index (κ3) is 2.81. The molecule has 2 amide bonds. The normalized spacial score (nSPS) is 17.6. The van der Waals surface area contributed by atoms with Crippen LogP contribution in [0.15, 0.2) is 47.1 Å². The van der Waals surface area contributed by atoms with E-state index in [0.29, 0.717) is 6.54 Å². The summed E-state index contributed by atoms with van der Waals surface area (Å²) in [5.41, 5.74) is 0.792. The number of anilines is 1. The molecule has 114 valence electrons. The van der Waals surface area contributed by atoms with Gasteiger partial charge in [0.1, 0.15) is 5.75 Å². The molecule has 1 aromatic heterocycles. The van der Waals surface area contributed by atoms with Crippen LogP contribution in [0.25, 0.3) is 0 Å². The van der Waals surface area contributed by atoms with Gasteiger partial charge in [0.05, 0.1) is 19.4 Å². The van der Waals surface area contributed by atoms with Crippen molar-refractivity contribution in [2.45, 2.75) is 12.5 Å². The number of amides is 2. The van der Waals surface area contributed by atoms with Crippen molar-refractivity contribution in [1.29, 1.82) is 0 Å². The van der Waals surface area contributed by atoms with Crippen molar-refractivity contribution in [1.82, 2.24) is 5.32 Å². The largest absolute Gasteiger partial charge is 0.497 e. The third-order valence-electron chi connectivity index (χ3n) is 3.59. The Bertz CT molecular complexity index is 664. The lowest BCUT2D eigenvalue weighted by atomic mass is 10.2. The van der Waals surface area contributed by atoms with Crippen molar-refractivity contribution < 1.29 is 18.7 Å². The van der Waals surface area contributed by atoms with Crippen molar-refractivity contribution in [2.24, 2.45) is 0 Å². The lowest BCUT2D eigenvalue weighted by Gasteiger charge is -2.17. The Kier molecular flexibility index (Phi) is 3.82. The molecule has 1 aliphatic rings. The van der Waals surface area contributed by atoms with Gasteiger partial charge in [-0.15, -0.1) is 0 Å². The molecule has 2 aromatic rings. The van der Waals surface area contributed by atoms with Gasteiger partial charge in [-0.1, -0.05) is 0 Å². The van der Waals surface area contributed by atoms with E-state index in [1.807, 2.05) is 12.1 Å². The van der Waals surface area contributed by atoms with Gasteiger partial charge in [0.25, 0.3) is 5.91 Å². The quantitative estimate of drug-likeness (QED) is 0.935. The number of ether oxygens (including phenoxy) is 1. The third-order valence-corrected chi connectivity index (χ3v) is 3.59. The summed E-state index contributed by atoms with van der Waals surface area (Å²) in [7, 11) is 1.59. The van der Waals surface area contributed by atoms with Gasteiger partial charge in [0.2, 0.25) is 5.91 Å². The zero-order valence-corrected chi connectivity index (χ0v) is 12.1. The number of carbonyl (C=O) groups is 2. The molecule has 6 nitrogen and oxygen atoms in total. The van der Waals surface area contributed by atoms with E-state index < -0.39 is 0 Å². The molecule has 3 rings (SSSR count). The highest BCUT2D eigenvalue weighted by Gasteiger charge is 2.32. The zero-order valence-electron chi connectivity index (χ0n) is 12.1. The summed E-state index contributed by atoms with van der Waals surface area (Å²) in [6.45, 7) is 0.442. The average Bonchev–Trinajstić information content (AvgIpc) is 3.17. The second-order valence-electron chi connectivity index (χ2n) is 5.05. The fourth-order valence-electron chi connectivity index (χ4n) is 2.48. The maximum Gasteiger partial charge on any atom is 0.287 e. The van der Waals surface area contributed by atoms with Crippen LogP contribution in [-0.2, 0) is 4.79 Å². The Morgan fingerprint density at radius 3 is 2.73 bits per heavy atom. The summed E-state index contributed by atoms with van der Waals surface area (Å²) in [6.07, 6.45) is 1.72. The van der Waals surface area contributed by atoms with Gasteiger partial charge < -0.3 is 19.4 Å². The van der Waals surface area contributed by atoms with Gasteiger partial charge in [0.15, 0.2) is 5.76 Å². The van der Waals surface area contributed by atoms with E-state index in [-0.39, 0.29) is 30.0 Å². The van der Waals surface area contributed by atoms with Gasteiger partial charge in [-0.3, -0.25) is 9.59 Å². The SMILES string of the molecule is COc1ccc(N2CC(NC(=O)c3ccco3)CC2=O)cc1. The van der Waals surface area contributed by atoms with E-state index >= 15 is 0 Å². The highest BCUT2D eigenvalue weighted by Crippen LogP contribution is 2.24. The monoisotopic (exact) mass is 300 g/mol. The van der Waals surface area contributed by atoms with Gasteiger partial charge in [-0.2, -0.15) is 0 Å². The molecule has 1 atom stereocenters. The molecule has 1 N–H and O–H groups in total. The first kappa shape index (κ1) is 14.2. The second kappa shape index (κ2) is 5.93. The minimum Gasteiger partial charge on any atom is -0.497 e. The fraction of sp³-hybridized carbons (Fsp3) is 0.250. The van der Waals surface area contributed by atoms with Crippen LogP contribution in [0.4, 0.5) is 5.69 Å². The van der Waals surface area contributed by atoms with E-state index in [4.69, 9.17) is 9.15 Å². The van der Waals surface area contributed by atoms with Gasteiger partial charge in [-0.05, 0) is 36.4 Å². The molecule has 0 radical (unpaired) electrons. The average molecular weight is 300 g/mol. The molecule has 0 bridgehead atoms. The van der Waals surface area contributed by atoms with Crippen LogP contribution in [0.3, 0.4) is 0 Å². The van der Waals surface area contributed by atoms with E-state index in [0.717, 1.165) is 11.4 Å². The van der Waals surface area contributed by atoms with Crippen LogP contribution in [0.2, 0.25) is 0 Å². The number of hydrogen-bond acceptors (Lipinski definition) is 4. The molecule has 1 saturated heterocycles. The highest BCUT2D eigenvalue weighted by molar-refractivity contribution is 5.98. The summed E-state index contributed by atoms with van der Waals surface area (Å²) in [6, 6.07) is 10.3. The number of carbonyl (C=O) groups excluding carboxylic acids is 2. The Hall–Kier alpha value is -2.76. The van der Waals surface area contributed by atoms with Crippen LogP contribution in [0.1, 0.15) is 17.0 Å². The van der Waals surface area contributed by atoms with Crippen LogP contribution in [0, 0.1) is 0 Å². The van der Waals surface area contributed by atoms with E-state index in [1.54, 1.807) is 36.3 Å². The van der Waals surface area contributed by atoms with E-state index in [2.05, 4.69) is 5.32 Å². The molecule has 1 aromatic carbocycles. The molecule has 0 spiro atoms. The summed E-state index contributed by atoms with van der Waals surface area (Å²) in [5.74, 6) is 0.655. The lowest BCUT2D eigenvalue weighted by Crippen LogP contribution is -2.37. The first-order chi connectivity index (χ1) is 10.7. The standard InChI is InChI=1S/C16H16N2O4/c1-21-13-6-4-12(5-7-13)18-10-11(9-15(18)19)17-16(20)14-3-2-8-22-14/h2-8,11H,9-10H2,1H3,(H,17,20). The molecular formula is C16H16N2O4. The fourth-order valence-corrected chi connectivity index (χ4v) is 2.48. The molecule has 1 fully saturated rings. The second-order valence-corrected chi connectivity index (χ2v) is 5.05. The summed E-state index contributed by atoms with van der Waals surface area (Å²) >= 11 is 0. The van der Waals surface area contributed by atoms with Crippen LogP contribution in [-0.4, -0.2) is 31.5 Å². The summed E-state index contributed by atoms with van der Waals surface area (Å²) in [4.78, 5) is 25.7. The first-order valence-electron chi connectivity index (χ1n) is 6.96. The molecule has 6 heteroatoms. The van der Waals surface area contributed by atoms with Crippen LogP contribution < -0.4 is 15.0 Å². The van der Waals surface area contributed by atoms with Crippen molar-refractivity contribution in [3.05, 3.63) is 48.4 Å². The molecule has 22 heavy (non-hydrogen) atoms. The number of nitrogens with one attached hydrogen (secondary N) is 1. The van der Waals surface area contributed by atoms with Gasteiger partial charge in [-0.25, -0.2) is 0 Å². The van der Waals surface area contributed by atoms with Crippen LogP contribution >= 0.6 is 0 Å². The van der Waals surface area contributed by atoms with E-state index in [9.17, 15) is 9.59 Å². The minimum absolute atomic E-state index is 0.0186. The van der Waals surface area contributed by atoms with Crippen molar-refractivity contribution >= 4 is 17.5 Å². The number of hydrogen-bond donors (Lipinski definition) is 1. The number of furan rings is 1. The Labute approximate surface area is 127 Å². The topological polar surface area (TPSA) is 71.8 Å². The highest BCUT2D eigenvalue weighted by atomic mass is 16.5. The van der Waals surface area contributed by atoms with Crippen molar-refractivity contribution in [2.75, 3.05) is 18.6 Å². The van der Waals surface area contributed by atoms with Gasteiger partial charge >= 0.3 is 0 Å². The Balaban J connectivity index is 1.66. The molecule has 1 unspecified atom stereocenters. The smallest absolute Gasteiger partial charge is 0.287 e. The number of methoxy groups -OCH3 is 1.